The second kappa shape index (κ2) is 8.08. The van der Waals surface area contributed by atoms with Gasteiger partial charge in [0.15, 0.2) is 0 Å². The van der Waals surface area contributed by atoms with Crippen LogP contribution >= 0.6 is 0 Å². The van der Waals surface area contributed by atoms with Crippen molar-refractivity contribution in [3.63, 3.8) is 0 Å². The lowest BCUT2D eigenvalue weighted by molar-refractivity contribution is -0.117. The monoisotopic (exact) mass is 330 g/mol. The Labute approximate surface area is 143 Å². The summed E-state index contributed by atoms with van der Waals surface area (Å²) in [7, 11) is 0. The lowest BCUT2D eigenvalue weighted by Gasteiger charge is -2.22. The molecule has 5 heteroatoms. The molecule has 0 fully saturated rings. The maximum absolute atomic E-state index is 11.9. The van der Waals surface area contributed by atoms with Gasteiger partial charge in [-0.1, -0.05) is 24.3 Å². The van der Waals surface area contributed by atoms with Crippen molar-refractivity contribution in [2.45, 2.75) is 58.0 Å². The molecule has 5 nitrogen and oxygen atoms in total. The molecule has 130 valence electrons. The van der Waals surface area contributed by atoms with Crippen LogP contribution in [-0.4, -0.2) is 30.4 Å². The van der Waals surface area contributed by atoms with Crippen molar-refractivity contribution in [1.29, 1.82) is 0 Å². The van der Waals surface area contributed by atoms with Crippen LogP contribution in [0.1, 0.15) is 57.1 Å². The van der Waals surface area contributed by atoms with E-state index in [9.17, 15) is 9.59 Å². The summed E-state index contributed by atoms with van der Waals surface area (Å²) >= 11 is 0. The number of nitrogens with one attached hydrogen (secondary N) is 1. The number of carbonyl (C=O) groups excluding carboxylic acids is 2. The van der Waals surface area contributed by atoms with E-state index in [-0.39, 0.29) is 24.8 Å². The zero-order valence-corrected chi connectivity index (χ0v) is 14.7. The Morgan fingerprint density at radius 3 is 2.83 bits per heavy atom. The molecular formula is C19H26N2O3. The van der Waals surface area contributed by atoms with Gasteiger partial charge in [0.2, 0.25) is 5.91 Å². The number of amides is 2. The van der Waals surface area contributed by atoms with Crippen LogP contribution in [0.3, 0.4) is 0 Å². The lowest BCUT2D eigenvalue weighted by Crippen LogP contribution is -2.33. The van der Waals surface area contributed by atoms with Gasteiger partial charge in [-0.15, -0.1) is 0 Å². The van der Waals surface area contributed by atoms with Crippen LogP contribution in [0.2, 0.25) is 0 Å². The van der Waals surface area contributed by atoms with Gasteiger partial charge in [0, 0.05) is 25.1 Å². The van der Waals surface area contributed by atoms with E-state index in [1.54, 1.807) is 27.0 Å². The number of ether oxygens (including phenoxy) is 1. The Balaban J connectivity index is 1.79. The van der Waals surface area contributed by atoms with Gasteiger partial charge in [0.05, 0.1) is 0 Å². The van der Waals surface area contributed by atoms with Crippen molar-refractivity contribution in [1.82, 2.24) is 5.32 Å². The minimum absolute atomic E-state index is 0.171. The van der Waals surface area contributed by atoms with E-state index in [1.165, 1.54) is 11.1 Å². The number of nitrogens with zero attached hydrogens (tertiary/aromatic N) is 1. The standard InChI is InChI=1S/C19H26N2O3/c1-19(2,3)24-18(23)20-12-11-17(22)21-13-15-9-6-8-14-7-4-5-10-16(14)15/h4-5,7,10,13,15H,6,8-9,11-12H2,1-3H3,(H,20,23)/b21-13+. The number of fused-ring (bicyclic) bond motifs is 1. The first-order valence-corrected chi connectivity index (χ1v) is 8.47. The Morgan fingerprint density at radius 1 is 1.33 bits per heavy atom. The maximum Gasteiger partial charge on any atom is 0.407 e. The number of rotatable bonds is 4. The van der Waals surface area contributed by atoms with Crippen LogP contribution in [0, 0.1) is 0 Å². The molecule has 1 atom stereocenters. The molecule has 0 heterocycles. The van der Waals surface area contributed by atoms with Gasteiger partial charge in [0.1, 0.15) is 5.60 Å². The van der Waals surface area contributed by atoms with Crippen molar-refractivity contribution in [2.24, 2.45) is 4.99 Å². The SMILES string of the molecule is CC(C)(C)OC(=O)NCCC(=O)/N=C/C1CCCc2ccccc21. The Bertz CT molecular complexity index is 617. The van der Waals surface area contributed by atoms with E-state index < -0.39 is 11.7 Å². The summed E-state index contributed by atoms with van der Waals surface area (Å²) in [5, 5.41) is 2.57. The minimum Gasteiger partial charge on any atom is -0.444 e. The Kier molecular flexibility index (Phi) is 6.12. The number of aliphatic imine (C=N–C) groups is 1. The molecule has 1 aromatic rings. The van der Waals surface area contributed by atoms with Crippen LogP contribution in [0.25, 0.3) is 0 Å². The average Bonchev–Trinajstić information content (AvgIpc) is 2.51. The molecule has 1 aromatic carbocycles. The number of alkyl carbamates (subject to hydrolysis) is 1. The minimum atomic E-state index is -0.541. The highest BCUT2D eigenvalue weighted by Crippen LogP contribution is 2.29. The zero-order chi connectivity index (χ0) is 17.6. The molecule has 1 aliphatic carbocycles. The van der Waals surface area contributed by atoms with Crippen LogP contribution in [0.4, 0.5) is 4.79 Å². The topological polar surface area (TPSA) is 67.8 Å². The van der Waals surface area contributed by atoms with Crippen LogP contribution in [0.5, 0.6) is 0 Å². The summed E-state index contributed by atoms with van der Waals surface area (Å²) in [5.74, 6) is -0.0215. The average molecular weight is 330 g/mol. The van der Waals surface area contributed by atoms with Gasteiger partial charge in [-0.3, -0.25) is 4.79 Å². The number of aryl methyl sites for hydroxylation is 1. The molecule has 0 spiro atoms. The van der Waals surface area contributed by atoms with Crippen molar-refractivity contribution in [3.8, 4) is 0 Å². The van der Waals surface area contributed by atoms with Crippen molar-refractivity contribution >= 4 is 18.2 Å². The van der Waals surface area contributed by atoms with E-state index in [4.69, 9.17) is 4.74 Å². The normalized spacial score (nSPS) is 17.4. The number of benzene rings is 1. The van der Waals surface area contributed by atoms with Crippen molar-refractivity contribution < 1.29 is 14.3 Å². The first-order valence-electron chi connectivity index (χ1n) is 8.47. The van der Waals surface area contributed by atoms with Crippen molar-refractivity contribution in [3.05, 3.63) is 35.4 Å². The molecular weight excluding hydrogens is 304 g/mol. The fourth-order valence-electron chi connectivity index (χ4n) is 2.77. The molecule has 0 saturated heterocycles. The second-order valence-electron chi connectivity index (χ2n) is 7.05. The van der Waals surface area contributed by atoms with Gasteiger partial charge in [-0.2, -0.15) is 0 Å². The maximum atomic E-state index is 11.9. The first kappa shape index (κ1) is 18.2. The summed E-state index contributed by atoms with van der Waals surface area (Å²) in [6.07, 6.45) is 4.64. The highest BCUT2D eigenvalue weighted by Gasteiger charge is 2.18. The molecule has 0 radical (unpaired) electrons. The molecule has 2 rings (SSSR count). The van der Waals surface area contributed by atoms with E-state index >= 15 is 0 Å². The summed E-state index contributed by atoms with van der Waals surface area (Å²) in [5.41, 5.74) is 2.08. The quantitative estimate of drug-likeness (QED) is 0.857. The number of hydrogen-bond donors (Lipinski definition) is 1. The molecule has 1 unspecified atom stereocenters. The summed E-state index contributed by atoms with van der Waals surface area (Å²) in [6, 6.07) is 8.32. The van der Waals surface area contributed by atoms with Crippen LogP contribution in [0.15, 0.2) is 29.3 Å². The molecule has 0 aliphatic heterocycles. The Morgan fingerprint density at radius 2 is 2.08 bits per heavy atom. The van der Waals surface area contributed by atoms with Gasteiger partial charge in [-0.25, -0.2) is 9.79 Å². The van der Waals surface area contributed by atoms with Crippen LogP contribution < -0.4 is 5.32 Å². The molecule has 1 aliphatic rings. The Hall–Kier alpha value is -2.17. The fourth-order valence-corrected chi connectivity index (χ4v) is 2.77. The predicted molar refractivity (Wildman–Crippen MR) is 94.5 cm³/mol. The molecule has 2 amide bonds. The van der Waals surface area contributed by atoms with Gasteiger partial charge >= 0.3 is 6.09 Å². The highest BCUT2D eigenvalue weighted by molar-refractivity contribution is 5.87. The zero-order valence-electron chi connectivity index (χ0n) is 14.7. The molecule has 0 bridgehead atoms. The molecule has 0 aromatic heterocycles. The molecule has 1 N–H and O–H groups in total. The largest absolute Gasteiger partial charge is 0.444 e. The van der Waals surface area contributed by atoms with Crippen molar-refractivity contribution in [2.75, 3.05) is 6.54 Å². The van der Waals surface area contributed by atoms with Gasteiger partial charge < -0.3 is 10.1 Å². The van der Waals surface area contributed by atoms with E-state index in [0.29, 0.717) is 0 Å². The third kappa shape index (κ3) is 5.80. The van der Waals surface area contributed by atoms with Gasteiger partial charge in [0.25, 0.3) is 0 Å². The first-order chi connectivity index (χ1) is 11.3. The third-order valence-electron chi connectivity index (χ3n) is 3.82. The van der Waals surface area contributed by atoms with Crippen LogP contribution in [-0.2, 0) is 16.0 Å². The summed E-state index contributed by atoms with van der Waals surface area (Å²) in [4.78, 5) is 27.4. The highest BCUT2D eigenvalue weighted by atomic mass is 16.6. The number of carbonyl (C=O) groups is 2. The summed E-state index contributed by atoms with van der Waals surface area (Å²) < 4.78 is 5.11. The fraction of sp³-hybridized carbons (Fsp3) is 0.526. The third-order valence-corrected chi connectivity index (χ3v) is 3.82. The van der Waals surface area contributed by atoms with Gasteiger partial charge in [-0.05, 0) is 51.2 Å². The second-order valence-corrected chi connectivity index (χ2v) is 7.05. The molecule has 0 saturated carbocycles. The number of hydrogen-bond acceptors (Lipinski definition) is 3. The van der Waals surface area contributed by atoms with E-state index in [2.05, 4.69) is 22.4 Å². The lowest BCUT2D eigenvalue weighted by atomic mass is 9.83. The molecule has 24 heavy (non-hydrogen) atoms. The smallest absolute Gasteiger partial charge is 0.407 e. The van der Waals surface area contributed by atoms with E-state index in [1.807, 2.05) is 12.1 Å². The van der Waals surface area contributed by atoms with E-state index in [0.717, 1.165) is 19.3 Å². The summed E-state index contributed by atoms with van der Waals surface area (Å²) in [6.45, 7) is 5.62. The predicted octanol–water partition coefficient (Wildman–Crippen LogP) is 3.62.